The van der Waals surface area contributed by atoms with E-state index in [1.54, 1.807) is 0 Å². The first-order chi connectivity index (χ1) is 7.18. The standard InChI is InChI=1S/C6H4I3.C6H7.Fe/c7-6(8,9)5-3-1-2-4-5;1-6-4-2-3-5-6;/h1-4H;2-5H,1H3;. The van der Waals surface area contributed by atoms with E-state index in [1.807, 2.05) is 0 Å². The van der Waals surface area contributed by atoms with Gasteiger partial charge in [-0.1, -0.05) is 0 Å². The molecule has 10 saturated heterocycles. The third-order valence-corrected chi connectivity index (χ3v) is 64.4. The Morgan fingerprint density at radius 3 is 1.38 bits per heavy atom. The monoisotopic (exact) mass is 592 g/mol. The summed E-state index contributed by atoms with van der Waals surface area (Å²) in [5.74, 6) is 0. The second kappa shape index (κ2) is 0.614. The zero-order valence-corrected chi connectivity index (χ0v) is 16.2. The molecule has 0 N–H and O–H groups in total. The molecule has 8 atom stereocenters. The van der Waals surface area contributed by atoms with Gasteiger partial charge in [0.1, 0.15) is 0 Å². The van der Waals surface area contributed by atoms with Crippen LogP contribution in [-0.2, 0) is 6.51 Å². The molecule has 10 heterocycles. The molecule has 0 bridgehead atoms. The molecule has 10 fully saturated rings. The molecule has 4 heteroatoms. The van der Waals surface area contributed by atoms with Crippen LogP contribution in [0.25, 0.3) is 0 Å². The van der Waals surface area contributed by atoms with Crippen molar-refractivity contribution in [1.29, 1.82) is 0 Å². The van der Waals surface area contributed by atoms with E-state index in [4.69, 9.17) is 0 Å². The molecule has 0 amide bonds. The summed E-state index contributed by atoms with van der Waals surface area (Å²) in [5, 5.41) is 0. The molecule has 0 saturated carbocycles. The van der Waals surface area contributed by atoms with Crippen molar-refractivity contribution in [3.63, 3.8) is 0 Å². The Morgan fingerprint density at radius 2 is 1.31 bits per heavy atom. The fourth-order valence-electron chi connectivity index (χ4n) is 18.4. The second-order valence-electron chi connectivity index (χ2n) is 10.7. The zero-order chi connectivity index (χ0) is 10.4. The maximum absolute atomic E-state index is 2.88. The van der Waals surface area contributed by atoms with Crippen LogP contribution in [0.2, 0.25) is 47.2 Å². The predicted octanol–water partition coefficient (Wildman–Crippen LogP) is 6.09. The van der Waals surface area contributed by atoms with Gasteiger partial charge in [-0.2, -0.15) is 0 Å². The molecule has 16 heavy (non-hydrogen) atoms. The van der Waals surface area contributed by atoms with Gasteiger partial charge in [-0.3, -0.25) is 0 Å². The van der Waals surface area contributed by atoms with Crippen molar-refractivity contribution < 1.29 is 6.51 Å². The molecule has 10 rings (SSSR count). The Morgan fingerprint density at radius 1 is 0.875 bits per heavy atom. The van der Waals surface area contributed by atoms with Gasteiger partial charge in [-0.25, -0.2) is 0 Å². The molecule has 8 unspecified atom stereocenters. The number of alkyl halides is 3. The Kier molecular flexibility index (Phi) is 0.293. The van der Waals surface area contributed by atoms with E-state index in [9.17, 15) is 0 Å². The first kappa shape index (κ1) is 7.64. The quantitative estimate of drug-likeness (QED) is 0.197. The Hall–Kier alpha value is 2.71. The molecular formula is C12H11FeI3. The van der Waals surface area contributed by atoms with Crippen molar-refractivity contribution in [3.8, 4) is 0 Å². The van der Waals surface area contributed by atoms with Crippen molar-refractivity contribution in [1.82, 2.24) is 0 Å². The fourth-order valence-corrected chi connectivity index (χ4v) is 111. The maximum atomic E-state index is 2.87. The van der Waals surface area contributed by atoms with E-state index < -0.39 is 6.51 Å². The molecule has 10 aliphatic heterocycles. The summed E-state index contributed by atoms with van der Waals surface area (Å²) >= 11 is 8.62. The van der Waals surface area contributed by atoms with Gasteiger partial charge >= 0.3 is 128 Å². The van der Waals surface area contributed by atoms with Gasteiger partial charge < -0.3 is 0 Å². The van der Waals surface area contributed by atoms with Crippen LogP contribution in [0.4, 0.5) is 0 Å². The van der Waals surface area contributed by atoms with Crippen LogP contribution in [0.15, 0.2) is 0 Å². The van der Waals surface area contributed by atoms with E-state index in [-0.39, 0.29) is 0 Å². The second-order valence-corrected chi connectivity index (χ2v) is 45.2. The fraction of sp³-hybridized carbons (Fsp3) is 1.00. The number of hydrogen-bond donors (Lipinski definition) is 0. The van der Waals surface area contributed by atoms with Crippen LogP contribution >= 0.6 is 67.8 Å². The van der Waals surface area contributed by atoms with Gasteiger partial charge in [0.25, 0.3) is 0 Å². The summed E-state index contributed by atoms with van der Waals surface area (Å²) in [6.07, 6.45) is 0. The summed E-state index contributed by atoms with van der Waals surface area (Å²) in [7, 11) is 0. The minimum atomic E-state index is -2.88. The van der Waals surface area contributed by atoms with E-state index >= 15 is 0 Å². The summed E-state index contributed by atoms with van der Waals surface area (Å²) in [6.45, 7) is -0.0359. The van der Waals surface area contributed by atoms with Gasteiger partial charge in [0.05, 0.1) is 0 Å². The molecule has 1 spiro atoms. The van der Waals surface area contributed by atoms with Crippen LogP contribution in [-0.4, -0.2) is -0.565 Å². The van der Waals surface area contributed by atoms with E-state index in [0.717, 1.165) is 8.63 Å². The number of fused-ring (bicyclic) bond motifs is 10. The number of rotatable bonds is 1. The van der Waals surface area contributed by atoms with Crippen LogP contribution in [0.1, 0.15) is 6.92 Å². The van der Waals surface area contributed by atoms with E-state index in [1.165, 1.54) is 38.5 Å². The minimum absolute atomic E-state index is 0.623. The molecular weight excluding hydrogens is 581 g/mol. The molecule has 0 aromatic rings. The van der Waals surface area contributed by atoms with Crippen LogP contribution in [0, 0.1) is 0 Å². The van der Waals surface area contributed by atoms with Crippen molar-refractivity contribution in [2.75, 3.05) is 0 Å². The van der Waals surface area contributed by atoms with Crippen molar-refractivity contribution in [2.45, 2.75) is 53.5 Å². The van der Waals surface area contributed by atoms with E-state index in [2.05, 4.69) is 74.7 Å². The number of hydrogen-bond acceptors (Lipinski definition) is 0. The third-order valence-electron chi connectivity index (χ3n) is 16.0. The average molecular weight is 592 g/mol. The van der Waals surface area contributed by atoms with E-state index in [0.29, 0.717) is -0.565 Å². The molecule has 0 aliphatic carbocycles. The summed E-state index contributed by atoms with van der Waals surface area (Å²) in [5.41, 5.74) is 0. The van der Waals surface area contributed by atoms with Crippen molar-refractivity contribution >= 4 is 67.8 Å². The van der Waals surface area contributed by atoms with Gasteiger partial charge in [-0.15, -0.1) is 0 Å². The molecule has 0 aromatic heterocycles. The molecule has 10 aliphatic rings. The summed E-state index contributed by atoms with van der Waals surface area (Å²) in [6, 6.07) is 0. The van der Waals surface area contributed by atoms with Gasteiger partial charge in [0, 0.05) is 0 Å². The van der Waals surface area contributed by atoms with Gasteiger partial charge in [0.15, 0.2) is 0 Å². The predicted molar refractivity (Wildman–Crippen MR) is 85.9 cm³/mol. The molecule has 88 valence electrons. The molecule has 0 nitrogen and oxygen atoms in total. The Labute approximate surface area is 126 Å². The SMILES string of the molecule is C[C]12[CH]3[CH]4[CH]5[CH]1[Fe]45321678[CH]2[CH]1[CH]6[C]7(C(I)(I)I)[CH]28. The Balaban J connectivity index is 1.82. The van der Waals surface area contributed by atoms with Crippen molar-refractivity contribution in [3.05, 3.63) is 0 Å². The normalized spacial score (nSPS) is 132. The van der Waals surface area contributed by atoms with Gasteiger partial charge in [-0.05, 0) is 0 Å². The summed E-state index contributed by atoms with van der Waals surface area (Å²) in [4.78, 5) is 11.7. The first-order valence-electron chi connectivity index (χ1n) is 6.46. The first-order valence-corrected chi connectivity index (χ1v) is 15.9. The van der Waals surface area contributed by atoms with Crippen LogP contribution < -0.4 is 0 Å². The molecule has 0 radical (unpaired) electrons. The van der Waals surface area contributed by atoms with Gasteiger partial charge in [0.2, 0.25) is 0 Å². The van der Waals surface area contributed by atoms with Crippen LogP contribution in [0.5, 0.6) is 0 Å². The topological polar surface area (TPSA) is 0 Å². The number of halogens is 3. The van der Waals surface area contributed by atoms with Crippen LogP contribution in [0.3, 0.4) is 0 Å². The average Bonchev–Trinajstić information content (AvgIpc) is 3.08. The summed E-state index contributed by atoms with van der Waals surface area (Å²) < 4.78 is 2.78. The Bertz CT molecular complexity index is 996. The molecule has 0 aromatic carbocycles. The van der Waals surface area contributed by atoms with Crippen molar-refractivity contribution in [2.24, 2.45) is 0 Å². The third kappa shape index (κ3) is 0.0730. The zero-order valence-electron chi connectivity index (χ0n) is 8.61.